The molecule has 3 N–H and O–H groups in total. The highest BCUT2D eigenvalue weighted by Crippen LogP contribution is 2.30. The summed E-state index contributed by atoms with van der Waals surface area (Å²) in [6.07, 6.45) is 5.61. The Hall–Kier alpha value is -1.26. The van der Waals surface area contributed by atoms with E-state index in [2.05, 4.69) is 11.7 Å². The predicted octanol–water partition coefficient (Wildman–Crippen LogP) is 3.56. The lowest BCUT2D eigenvalue weighted by Gasteiger charge is -2.25. The lowest BCUT2D eigenvalue weighted by Crippen LogP contribution is -2.27. The summed E-state index contributed by atoms with van der Waals surface area (Å²) in [4.78, 5) is 20.3. The fourth-order valence-electron chi connectivity index (χ4n) is 2.25. The molecule has 0 aliphatic heterocycles. The van der Waals surface area contributed by atoms with E-state index < -0.39 is 17.7 Å². The highest BCUT2D eigenvalue weighted by Gasteiger charge is 2.18. The van der Waals surface area contributed by atoms with Gasteiger partial charge in [-0.05, 0) is 39.0 Å². The molecule has 0 aromatic heterocycles. The molecule has 0 spiro atoms. The molecule has 1 rings (SSSR count). The zero-order chi connectivity index (χ0) is 15.8. The van der Waals surface area contributed by atoms with E-state index in [9.17, 15) is 9.59 Å². The summed E-state index contributed by atoms with van der Waals surface area (Å²) in [5.74, 6) is 0.914. The van der Waals surface area contributed by atoms with Crippen molar-refractivity contribution in [2.45, 2.75) is 71.8 Å². The first-order valence-electron chi connectivity index (χ1n) is 7.30. The molecule has 0 saturated heterocycles. The van der Waals surface area contributed by atoms with E-state index in [1.807, 2.05) is 0 Å². The first kappa shape index (κ1) is 18.7. The summed E-state index contributed by atoms with van der Waals surface area (Å²) < 4.78 is 4.58. The number of nitrogens with two attached hydrogens (primary N) is 1. The van der Waals surface area contributed by atoms with Gasteiger partial charge in [-0.3, -0.25) is 4.79 Å². The molecule has 0 unspecified atom stereocenters. The minimum atomic E-state index is -0.725. The molecule has 0 aromatic carbocycles. The number of rotatable bonds is 3. The van der Waals surface area contributed by atoms with Crippen LogP contribution >= 0.6 is 0 Å². The summed E-state index contributed by atoms with van der Waals surface area (Å²) in [7, 11) is 0. The van der Waals surface area contributed by atoms with Crippen LogP contribution in [0.4, 0.5) is 4.79 Å². The average molecular weight is 287 g/mol. The Morgan fingerprint density at radius 1 is 1.20 bits per heavy atom. The monoisotopic (exact) mass is 287 g/mol. The lowest BCUT2D eigenvalue weighted by atomic mass is 9.81. The van der Waals surface area contributed by atoms with Crippen LogP contribution in [-0.4, -0.2) is 22.8 Å². The van der Waals surface area contributed by atoms with Crippen LogP contribution in [0.3, 0.4) is 0 Å². The van der Waals surface area contributed by atoms with Crippen molar-refractivity contribution in [2.24, 2.45) is 17.6 Å². The Kier molecular flexibility index (Phi) is 8.26. The van der Waals surface area contributed by atoms with Crippen LogP contribution in [0.2, 0.25) is 0 Å². The van der Waals surface area contributed by atoms with Gasteiger partial charge >= 0.3 is 12.1 Å². The minimum absolute atomic E-state index is 0.360. The zero-order valence-corrected chi connectivity index (χ0v) is 13.1. The van der Waals surface area contributed by atoms with Crippen LogP contribution in [0.25, 0.3) is 0 Å². The Morgan fingerprint density at radius 3 is 2.00 bits per heavy atom. The Balaban J connectivity index is 0.000000396. The van der Waals surface area contributed by atoms with E-state index in [0.29, 0.717) is 12.3 Å². The third-order valence-corrected chi connectivity index (χ3v) is 3.31. The summed E-state index contributed by atoms with van der Waals surface area (Å²) in [5, 5.41) is 8.50. The first-order chi connectivity index (χ1) is 9.10. The number of carboxylic acid groups (broad SMARTS) is 1. The number of hydrogen-bond acceptors (Lipinski definition) is 3. The number of carboxylic acids is 1. The molecule has 20 heavy (non-hydrogen) atoms. The number of ether oxygens (including phenoxy) is 1. The van der Waals surface area contributed by atoms with Crippen molar-refractivity contribution in [2.75, 3.05) is 0 Å². The number of carbonyl (C=O) groups excluding carboxylic acids is 1. The molecular weight excluding hydrogens is 258 g/mol. The molecule has 1 amide bonds. The second kappa shape index (κ2) is 8.82. The fourth-order valence-corrected chi connectivity index (χ4v) is 2.25. The Morgan fingerprint density at radius 2 is 1.70 bits per heavy atom. The molecule has 1 saturated carbocycles. The Bertz CT molecular complexity index is 301. The molecule has 5 nitrogen and oxygen atoms in total. The van der Waals surface area contributed by atoms with Crippen molar-refractivity contribution >= 4 is 12.1 Å². The van der Waals surface area contributed by atoms with Crippen LogP contribution in [-0.2, 0) is 9.53 Å². The smallest absolute Gasteiger partial charge is 0.405 e. The van der Waals surface area contributed by atoms with E-state index in [-0.39, 0.29) is 0 Å². The van der Waals surface area contributed by atoms with Crippen LogP contribution in [0.1, 0.15) is 66.2 Å². The van der Waals surface area contributed by atoms with Crippen LogP contribution < -0.4 is 5.73 Å². The highest BCUT2D eigenvalue weighted by molar-refractivity contribution is 5.66. The average Bonchev–Trinajstić information content (AvgIpc) is 2.25. The van der Waals surface area contributed by atoms with Gasteiger partial charge in [0.1, 0.15) is 5.60 Å². The van der Waals surface area contributed by atoms with Gasteiger partial charge in [0.25, 0.3) is 0 Å². The van der Waals surface area contributed by atoms with E-state index in [1.54, 1.807) is 20.8 Å². The van der Waals surface area contributed by atoms with E-state index in [4.69, 9.17) is 10.8 Å². The van der Waals surface area contributed by atoms with Gasteiger partial charge in [-0.1, -0.05) is 32.6 Å². The molecular formula is C15H29NO4. The predicted molar refractivity (Wildman–Crippen MR) is 78.4 cm³/mol. The third-order valence-electron chi connectivity index (χ3n) is 3.31. The molecule has 0 atom stereocenters. The van der Waals surface area contributed by atoms with Gasteiger partial charge in [-0.15, -0.1) is 0 Å². The van der Waals surface area contributed by atoms with Crippen molar-refractivity contribution in [3.8, 4) is 0 Å². The molecule has 1 aliphatic carbocycles. The lowest BCUT2D eigenvalue weighted by molar-refractivity contribution is -0.137. The number of hydrogen-bond donors (Lipinski definition) is 2. The van der Waals surface area contributed by atoms with Crippen molar-refractivity contribution in [3.63, 3.8) is 0 Å². The second-order valence-corrected chi connectivity index (χ2v) is 6.59. The van der Waals surface area contributed by atoms with Gasteiger partial charge in [-0.25, -0.2) is 4.79 Å². The van der Waals surface area contributed by atoms with Crippen LogP contribution in [0, 0.1) is 11.8 Å². The Labute approximate surface area is 121 Å². The van der Waals surface area contributed by atoms with Crippen molar-refractivity contribution < 1.29 is 19.4 Å². The van der Waals surface area contributed by atoms with Crippen molar-refractivity contribution in [1.82, 2.24) is 0 Å². The van der Waals surface area contributed by atoms with Gasteiger partial charge in [0.2, 0.25) is 0 Å². The maximum atomic E-state index is 10.3. The molecule has 0 aromatic rings. The van der Waals surface area contributed by atoms with E-state index >= 15 is 0 Å². The largest absolute Gasteiger partial charge is 0.481 e. The quantitative estimate of drug-likeness (QED) is 0.830. The fraction of sp³-hybridized carbons (Fsp3) is 0.867. The van der Waals surface area contributed by atoms with E-state index in [1.165, 1.54) is 25.7 Å². The van der Waals surface area contributed by atoms with Gasteiger partial charge in [0.05, 0.1) is 0 Å². The van der Waals surface area contributed by atoms with Gasteiger partial charge in [-0.2, -0.15) is 0 Å². The number of aliphatic carboxylic acids is 1. The SMILES string of the molecule is CC(C)(C)OC(N)=O.CC1CCC(CCC(=O)O)CC1. The van der Waals surface area contributed by atoms with Gasteiger partial charge in [0.15, 0.2) is 0 Å². The topological polar surface area (TPSA) is 89.6 Å². The zero-order valence-electron chi connectivity index (χ0n) is 13.1. The van der Waals surface area contributed by atoms with E-state index in [0.717, 1.165) is 12.3 Å². The molecule has 1 aliphatic rings. The molecule has 0 bridgehead atoms. The molecule has 1 fully saturated rings. The molecule has 0 radical (unpaired) electrons. The maximum absolute atomic E-state index is 10.3. The molecule has 5 heteroatoms. The van der Waals surface area contributed by atoms with Crippen LogP contribution in [0.15, 0.2) is 0 Å². The summed E-state index contributed by atoms with van der Waals surface area (Å²) in [5.41, 5.74) is 4.26. The minimum Gasteiger partial charge on any atom is -0.481 e. The molecule has 0 heterocycles. The first-order valence-corrected chi connectivity index (χ1v) is 7.30. The highest BCUT2D eigenvalue weighted by atomic mass is 16.6. The van der Waals surface area contributed by atoms with Crippen molar-refractivity contribution in [3.05, 3.63) is 0 Å². The number of primary amides is 1. The summed E-state index contributed by atoms with van der Waals surface area (Å²) >= 11 is 0. The van der Waals surface area contributed by atoms with Crippen molar-refractivity contribution in [1.29, 1.82) is 0 Å². The normalized spacial score (nSPS) is 22.4. The van der Waals surface area contributed by atoms with Gasteiger partial charge in [0, 0.05) is 6.42 Å². The maximum Gasteiger partial charge on any atom is 0.405 e. The molecule has 118 valence electrons. The summed E-state index contributed by atoms with van der Waals surface area (Å²) in [6, 6.07) is 0. The third kappa shape index (κ3) is 11.8. The van der Waals surface area contributed by atoms with Gasteiger partial charge < -0.3 is 15.6 Å². The number of carbonyl (C=O) groups is 2. The summed E-state index contributed by atoms with van der Waals surface area (Å²) in [6.45, 7) is 7.57. The number of amides is 1. The standard InChI is InChI=1S/C10H18O2.C5H11NO2/c1-8-2-4-9(5-3-8)6-7-10(11)12;1-5(2,3)8-4(6)7/h8-9H,2-7H2,1H3,(H,11,12);1-3H3,(H2,6,7). The second-order valence-electron chi connectivity index (χ2n) is 6.59. The van der Waals surface area contributed by atoms with Crippen LogP contribution in [0.5, 0.6) is 0 Å².